The van der Waals surface area contributed by atoms with E-state index < -0.39 is 9.84 Å². The van der Waals surface area contributed by atoms with Crippen LogP contribution >= 0.6 is 12.2 Å². The number of hydrogen-bond acceptors (Lipinski definition) is 4. The average molecular weight is 264 g/mol. The first-order valence-corrected chi connectivity index (χ1v) is 7.53. The minimum atomic E-state index is -2.89. The number of sulfone groups is 1. The highest BCUT2D eigenvalue weighted by atomic mass is 32.2. The molecule has 0 aliphatic carbocycles. The Balaban J connectivity index is 1.99. The second-order valence-electron chi connectivity index (χ2n) is 4.24. The Hall–Kier alpha value is -0.400. The summed E-state index contributed by atoms with van der Waals surface area (Å²) in [7, 11) is -1.23. The van der Waals surface area contributed by atoms with Gasteiger partial charge in [-0.3, -0.25) is 0 Å². The number of fused-ring (bicyclic) bond motifs is 1. The third-order valence-corrected chi connectivity index (χ3v) is 5.11. The molecule has 0 aromatic carbocycles. The molecule has 2 rings (SSSR count). The maximum atomic E-state index is 11.5. The fourth-order valence-electron chi connectivity index (χ4n) is 2.31. The molecular formula is C9H16N2O3S2. The zero-order valence-corrected chi connectivity index (χ0v) is 10.8. The van der Waals surface area contributed by atoms with Crippen LogP contribution in [0.1, 0.15) is 6.42 Å². The second kappa shape index (κ2) is 4.46. The van der Waals surface area contributed by atoms with Crippen LogP contribution in [0.15, 0.2) is 0 Å². The highest BCUT2D eigenvalue weighted by Crippen LogP contribution is 2.24. The quantitative estimate of drug-likeness (QED) is 0.539. The normalized spacial score (nSPS) is 31.6. The van der Waals surface area contributed by atoms with Gasteiger partial charge in [0, 0.05) is 20.3 Å². The van der Waals surface area contributed by atoms with Crippen molar-refractivity contribution in [2.45, 2.75) is 18.5 Å². The molecule has 0 saturated carbocycles. The van der Waals surface area contributed by atoms with E-state index in [1.807, 2.05) is 4.90 Å². The van der Waals surface area contributed by atoms with Crippen molar-refractivity contribution in [2.75, 3.05) is 31.8 Å². The van der Waals surface area contributed by atoms with Gasteiger partial charge in [-0.25, -0.2) is 8.42 Å². The topological polar surface area (TPSA) is 58.6 Å². The molecule has 0 amide bonds. The molecule has 0 bridgehead atoms. The molecule has 2 saturated heterocycles. The smallest absolute Gasteiger partial charge is 0.169 e. The van der Waals surface area contributed by atoms with Crippen LogP contribution < -0.4 is 5.32 Å². The van der Waals surface area contributed by atoms with Gasteiger partial charge >= 0.3 is 0 Å². The third-order valence-electron chi connectivity index (χ3n) is 3.04. The molecule has 2 atom stereocenters. The Labute approximate surface area is 101 Å². The van der Waals surface area contributed by atoms with Gasteiger partial charge in [-0.15, -0.1) is 0 Å². The zero-order valence-electron chi connectivity index (χ0n) is 9.18. The van der Waals surface area contributed by atoms with Crippen molar-refractivity contribution in [1.82, 2.24) is 10.2 Å². The molecule has 1 N–H and O–H groups in total. The van der Waals surface area contributed by atoms with E-state index in [0.717, 1.165) is 13.0 Å². The number of nitrogens with one attached hydrogen (secondary N) is 1. The van der Waals surface area contributed by atoms with Gasteiger partial charge in [-0.2, -0.15) is 0 Å². The maximum absolute atomic E-state index is 11.5. The number of methoxy groups -OCH3 is 1. The van der Waals surface area contributed by atoms with Crippen molar-refractivity contribution in [3.05, 3.63) is 0 Å². The van der Waals surface area contributed by atoms with Crippen LogP contribution in [0.2, 0.25) is 0 Å². The standard InChI is InChI=1S/C9H16N2O3S2/c1-14-4-2-3-11-8-6-16(12,13)5-7(8)10-9(11)15/h7-8H,2-6H2,1H3,(H,10,15)/t7-,8-/m1/s1. The van der Waals surface area contributed by atoms with Gasteiger partial charge in [-0.05, 0) is 18.6 Å². The molecule has 16 heavy (non-hydrogen) atoms. The first-order valence-electron chi connectivity index (χ1n) is 5.30. The second-order valence-corrected chi connectivity index (χ2v) is 6.78. The Bertz CT molecular complexity index is 382. The summed E-state index contributed by atoms with van der Waals surface area (Å²) in [6.45, 7) is 1.43. The summed E-state index contributed by atoms with van der Waals surface area (Å²) in [5.41, 5.74) is 0. The summed E-state index contributed by atoms with van der Waals surface area (Å²) >= 11 is 5.20. The lowest BCUT2D eigenvalue weighted by Gasteiger charge is -2.22. The number of rotatable bonds is 4. The van der Waals surface area contributed by atoms with Crippen LogP contribution in [0.25, 0.3) is 0 Å². The van der Waals surface area contributed by atoms with Gasteiger partial charge in [0.1, 0.15) is 0 Å². The lowest BCUT2D eigenvalue weighted by molar-refractivity contribution is 0.183. The first kappa shape index (κ1) is 12.1. The number of ether oxygens (including phenoxy) is 1. The molecule has 0 radical (unpaired) electrons. The summed E-state index contributed by atoms with van der Waals surface area (Å²) < 4.78 is 28.0. The van der Waals surface area contributed by atoms with E-state index in [1.165, 1.54) is 0 Å². The predicted octanol–water partition coefficient (Wildman–Crippen LogP) is -0.621. The Morgan fingerprint density at radius 2 is 2.31 bits per heavy atom. The van der Waals surface area contributed by atoms with Crippen LogP contribution in [0, 0.1) is 0 Å². The van der Waals surface area contributed by atoms with E-state index in [-0.39, 0.29) is 23.6 Å². The van der Waals surface area contributed by atoms with E-state index in [4.69, 9.17) is 17.0 Å². The zero-order chi connectivity index (χ0) is 11.8. The maximum Gasteiger partial charge on any atom is 0.169 e. The van der Waals surface area contributed by atoms with Gasteiger partial charge < -0.3 is 15.0 Å². The van der Waals surface area contributed by atoms with Crippen LogP contribution in [0.5, 0.6) is 0 Å². The molecule has 7 heteroatoms. The van der Waals surface area contributed by atoms with E-state index in [0.29, 0.717) is 11.7 Å². The Morgan fingerprint density at radius 3 is 3.00 bits per heavy atom. The monoisotopic (exact) mass is 264 g/mol. The molecule has 0 unspecified atom stereocenters. The number of nitrogens with zero attached hydrogens (tertiary/aromatic N) is 1. The van der Waals surface area contributed by atoms with Crippen molar-refractivity contribution < 1.29 is 13.2 Å². The first-order chi connectivity index (χ1) is 7.53. The molecule has 2 heterocycles. The lowest BCUT2D eigenvalue weighted by Crippen LogP contribution is -2.37. The fourth-order valence-corrected chi connectivity index (χ4v) is 4.61. The number of thiocarbonyl (C=S) groups is 1. The van der Waals surface area contributed by atoms with E-state index in [1.54, 1.807) is 7.11 Å². The Morgan fingerprint density at radius 1 is 1.56 bits per heavy atom. The van der Waals surface area contributed by atoms with Crippen molar-refractivity contribution in [3.63, 3.8) is 0 Å². The highest BCUT2D eigenvalue weighted by molar-refractivity contribution is 7.91. The number of hydrogen-bond donors (Lipinski definition) is 1. The van der Waals surface area contributed by atoms with E-state index in [2.05, 4.69) is 5.32 Å². The van der Waals surface area contributed by atoms with Gasteiger partial charge in [0.05, 0.1) is 23.6 Å². The summed E-state index contributed by atoms with van der Waals surface area (Å²) in [4.78, 5) is 1.99. The summed E-state index contributed by atoms with van der Waals surface area (Å²) in [6.07, 6.45) is 0.863. The Kier molecular flexibility index (Phi) is 3.37. The van der Waals surface area contributed by atoms with Crippen molar-refractivity contribution >= 4 is 27.2 Å². The average Bonchev–Trinajstić information content (AvgIpc) is 2.60. The molecule has 0 aromatic heterocycles. The van der Waals surface area contributed by atoms with Crippen LogP contribution in [-0.2, 0) is 14.6 Å². The summed E-state index contributed by atoms with van der Waals surface area (Å²) in [6, 6.07) is 0.00870. The molecular weight excluding hydrogens is 248 g/mol. The molecule has 2 aliphatic heterocycles. The fraction of sp³-hybridized carbons (Fsp3) is 0.889. The largest absolute Gasteiger partial charge is 0.385 e. The highest BCUT2D eigenvalue weighted by Gasteiger charge is 2.46. The predicted molar refractivity (Wildman–Crippen MR) is 65.2 cm³/mol. The van der Waals surface area contributed by atoms with Gasteiger partial charge in [0.25, 0.3) is 0 Å². The minimum Gasteiger partial charge on any atom is -0.385 e. The van der Waals surface area contributed by atoms with Crippen LogP contribution in [-0.4, -0.2) is 62.3 Å². The third kappa shape index (κ3) is 2.31. The van der Waals surface area contributed by atoms with Crippen LogP contribution in [0.4, 0.5) is 0 Å². The molecule has 0 aromatic rings. The van der Waals surface area contributed by atoms with Crippen molar-refractivity contribution in [1.29, 1.82) is 0 Å². The minimum absolute atomic E-state index is 0.0138. The summed E-state index contributed by atoms with van der Waals surface area (Å²) in [5.74, 6) is 0.427. The SMILES string of the molecule is COCCCN1C(=S)N[C@@H]2CS(=O)(=O)C[C@H]21. The molecule has 92 valence electrons. The van der Waals surface area contributed by atoms with Crippen LogP contribution in [0.3, 0.4) is 0 Å². The van der Waals surface area contributed by atoms with Crippen molar-refractivity contribution in [3.8, 4) is 0 Å². The lowest BCUT2D eigenvalue weighted by atomic mass is 10.2. The van der Waals surface area contributed by atoms with Crippen molar-refractivity contribution in [2.24, 2.45) is 0 Å². The van der Waals surface area contributed by atoms with Gasteiger partial charge in [0.15, 0.2) is 14.9 Å². The van der Waals surface area contributed by atoms with Gasteiger partial charge in [-0.1, -0.05) is 0 Å². The molecule has 0 spiro atoms. The molecule has 5 nitrogen and oxygen atoms in total. The summed E-state index contributed by atoms with van der Waals surface area (Å²) in [5, 5.41) is 3.77. The van der Waals surface area contributed by atoms with Gasteiger partial charge in [0.2, 0.25) is 0 Å². The molecule has 2 fully saturated rings. The molecule has 2 aliphatic rings. The van der Waals surface area contributed by atoms with E-state index in [9.17, 15) is 8.42 Å². The van der Waals surface area contributed by atoms with E-state index >= 15 is 0 Å².